The van der Waals surface area contributed by atoms with Crippen molar-refractivity contribution in [3.63, 3.8) is 0 Å². The number of H-pyrrole nitrogens is 1. The van der Waals surface area contributed by atoms with Gasteiger partial charge >= 0.3 is 7.12 Å². The lowest BCUT2D eigenvalue weighted by Gasteiger charge is -2.32. The van der Waals surface area contributed by atoms with Crippen LogP contribution in [0, 0.1) is 6.92 Å². The van der Waals surface area contributed by atoms with E-state index in [4.69, 9.17) is 21.3 Å². The van der Waals surface area contributed by atoms with Crippen molar-refractivity contribution in [1.29, 1.82) is 0 Å². The highest BCUT2D eigenvalue weighted by Crippen LogP contribution is 2.35. The molecule has 0 saturated carbocycles. The van der Waals surface area contributed by atoms with E-state index >= 15 is 0 Å². The maximum Gasteiger partial charge on any atom is 0.488 e. The van der Waals surface area contributed by atoms with Gasteiger partial charge in [0.25, 0.3) is 5.91 Å². The molecule has 2 aliphatic heterocycles. The van der Waals surface area contributed by atoms with Crippen molar-refractivity contribution in [2.24, 2.45) is 4.99 Å². The molecule has 0 aliphatic carbocycles. The average Bonchev–Trinajstić information content (AvgIpc) is 3.78. The zero-order valence-electron chi connectivity index (χ0n) is 30.4. The Hall–Kier alpha value is -5.76. The van der Waals surface area contributed by atoms with Crippen LogP contribution in [0.3, 0.4) is 0 Å². The van der Waals surface area contributed by atoms with E-state index in [1.165, 1.54) is 5.56 Å². The molecule has 14 heteroatoms. The first-order valence-corrected chi connectivity index (χ1v) is 18.6. The summed E-state index contributed by atoms with van der Waals surface area (Å²) in [6, 6.07) is 27.7. The van der Waals surface area contributed by atoms with Gasteiger partial charge < -0.3 is 30.0 Å². The summed E-state index contributed by atoms with van der Waals surface area (Å²) in [5.74, 6) is 1.97. The molecule has 2 aliphatic rings. The second-order valence-corrected chi connectivity index (χ2v) is 14.5. The van der Waals surface area contributed by atoms with Crippen LogP contribution in [0.4, 0.5) is 0 Å². The van der Waals surface area contributed by atoms with Gasteiger partial charge in [0, 0.05) is 41.3 Å². The van der Waals surface area contributed by atoms with Gasteiger partial charge in [-0.2, -0.15) is 0 Å². The van der Waals surface area contributed by atoms with Crippen molar-refractivity contribution in [1.82, 2.24) is 30.0 Å². The second kappa shape index (κ2) is 15.2. The van der Waals surface area contributed by atoms with E-state index in [0.717, 1.165) is 46.1 Å². The van der Waals surface area contributed by atoms with Crippen LogP contribution in [0.2, 0.25) is 5.02 Å². The smallest absolute Gasteiger partial charge is 0.488 e. The van der Waals surface area contributed by atoms with Gasteiger partial charge in [-0.05, 0) is 90.1 Å². The van der Waals surface area contributed by atoms with Gasteiger partial charge in [-0.15, -0.1) is 10.2 Å². The highest BCUT2D eigenvalue weighted by Gasteiger charge is 2.31. The first-order valence-electron chi connectivity index (χ1n) is 18.2. The van der Waals surface area contributed by atoms with Crippen LogP contribution in [0.25, 0.3) is 16.6 Å². The number of carbonyl (C=O) groups is 2. The number of amides is 2. The predicted molar refractivity (Wildman–Crippen MR) is 211 cm³/mol. The normalized spacial score (nSPS) is 15.5. The lowest BCUT2D eigenvalue weighted by Crippen LogP contribution is -2.38. The van der Waals surface area contributed by atoms with Crippen molar-refractivity contribution in [2.75, 3.05) is 20.2 Å². The minimum absolute atomic E-state index is 0.0629. The SMILES string of the molecule is COc1ccc2c(c1)C(c1ccc(Cl)cc1)=N[C@@H](CC(=O)NCc1cccc(C3CCN(C(=O)c4cc5cc(B(O)O)ccc5[nH]4)CC3)c1)c1nnc(C)n1-2. The van der Waals surface area contributed by atoms with Crippen molar-refractivity contribution < 1.29 is 24.4 Å². The van der Waals surface area contributed by atoms with E-state index in [1.54, 1.807) is 31.4 Å². The molecule has 12 nitrogen and oxygen atoms in total. The van der Waals surface area contributed by atoms with Gasteiger partial charge in [0.05, 0.1) is 24.9 Å². The van der Waals surface area contributed by atoms with Crippen molar-refractivity contribution in [3.8, 4) is 11.4 Å². The number of hydrogen-bond donors (Lipinski definition) is 4. The van der Waals surface area contributed by atoms with Gasteiger partial charge in [0.1, 0.15) is 23.3 Å². The molecule has 8 rings (SSSR count). The first-order chi connectivity index (χ1) is 26.6. The fraction of sp³-hybridized carbons (Fsp3) is 0.244. The molecule has 278 valence electrons. The fourth-order valence-electron chi connectivity index (χ4n) is 7.60. The summed E-state index contributed by atoms with van der Waals surface area (Å²) in [5.41, 5.74) is 7.01. The maximum atomic E-state index is 13.6. The Morgan fingerprint density at radius 3 is 2.55 bits per heavy atom. The van der Waals surface area contributed by atoms with Crippen LogP contribution < -0.4 is 15.5 Å². The Morgan fingerprint density at radius 1 is 0.982 bits per heavy atom. The van der Waals surface area contributed by atoms with Crippen molar-refractivity contribution in [2.45, 2.75) is 44.7 Å². The lowest BCUT2D eigenvalue weighted by atomic mass is 9.80. The van der Waals surface area contributed by atoms with Gasteiger partial charge in [-0.3, -0.25) is 19.1 Å². The fourth-order valence-corrected chi connectivity index (χ4v) is 7.72. The number of nitrogens with one attached hydrogen (secondary N) is 2. The van der Waals surface area contributed by atoms with Gasteiger partial charge in [-0.1, -0.05) is 60.1 Å². The standard InChI is InChI=1S/C41H39BClN7O5/c1-24-47-48-40-35(46-39(27-6-9-31(43)10-7-27)33-21-32(55-2)11-13-37(33)50(24)40)22-38(51)44-23-25-4-3-5-28(18-25)26-14-16-49(17-15-26)41(52)36-20-29-19-30(42(53)54)8-12-34(29)45-36/h3-13,18-21,26,35,45,53-54H,14-17,22-23H2,1-2H3,(H,44,51)/t35-/m0/s1. The number of nitrogens with zero attached hydrogens (tertiary/aromatic N) is 5. The van der Waals surface area contributed by atoms with E-state index in [1.807, 2.05) is 71.0 Å². The Labute approximate surface area is 323 Å². The summed E-state index contributed by atoms with van der Waals surface area (Å²) in [7, 11) is 0.0552. The largest absolute Gasteiger partial charge is 0.497 e. The number of likely N-dealkylation sites (tertiary alicyclic amines) is 1. The molecule has 0 bridgehead atoms. The molecule has 4 aromatic carbocycles. The molecule has 4 N–H and O–H groups in total. The molecule has 0 radical (unpaired) electrons. The number of aromatic nitrogens is 4. The molecule has 1 atom stereocenters. The quantitative estimate of drug-likeness (QED) is 0.151. The molecule has 4 heterocycles. The van der Waals surface area contributed by atoms with Crippen LogP contribution in [0.15, 0.2) is 96.0 Å². The molecule has 1 saturated heterocycles. The highest BCUT2D eigenvalue weighted by atomic mass is 35.5. The molecule has 55 heavy (non-hydrogen) atoms. The highest BCUT2D eigenvalue weighted by molar-refractivity contribution is 6.58. The number of fused-ring (bicyclic) bond motifs is 4. The minimum atomic E-state index is -1.57. The molecule has 2 amide bonds. The zero-order valence-corrected chi connectivity index (χ0v) is 31.1. The summed E-state index contributed by atoms with van der Waals surface area (Å²) >= 11 is 6.24. The van der Waals surface area contributed by atoms with E-state index in [-0.39, 0.29) is 24.2 Å². The molecule has 6 aromatic rings. The summed E-state index contributed by atoms with van der Waals surface area (Å²) in [5, 5.41) is 32.4. The number of methoxy groups -OCH3 is 1. The molecular weight excluding hydrogens is 717 g/mol. The van der Waals surface area contributed by atoms with E-state index < -0.39 is 13.2 Å². The summed E-state index contributed by atoms with van der Waals surface area (Å²) < 4.78 is 7.54. The number of aliphatic imine (C=N–C) groups is 1. The Kier molecular flexibility index (Phi) is 10.00. The second-order valence-electron chi connectivity index (χ2n) is 14.0. The lowest BCUT2D eigenvalue weighted by molar-refractivity contribution is -0.121. The number of ether oxygens (including phenoxy) is 1. The number of benzene rings is 4. The Bertz CT molecular complexity index is 2440. The number of aryl methyl sites for hydroxylation is 1. The van der Waals surface area contributed by atoms with Crippen LogP contribution in [-0.2, 0) is 11.3 Å². The summed E-state index contributed by atoms with van der Waals surface area (Å²) in [4.78, 5) is 37.2. The molecule has 0 unspecified atom stereocenters. The third-order valence-corrected chi connectivity index (χ3v) is 10.7. The van der Waals surface area contributed by atoms with E-state index in [0.29, 0.717) is 58.9 Å². The van der Waals surface area contributed by atoms with Crippen molar-refractivity contribution >= 4 is 52.6 Å². The van der Waals surface area contributed by atoms with E-state index in [2.05, 4.69) is 32.6 Å². The predicted octanol–water partition coefficient (Wildman–Crippen LogP) is 5.02. The number of hydrogen-bond acceptors (Lipinski definition) is 8. The number of halogens is 1. The van der Waals surface area contributed by atoms with Crippen molar-refractivity contribution in [3.05, 3.63) is 136 Å². The first kappa shape index (κ1) is 36.2. The van der Waals surface area contributed by atoms with E-state index in [9.17, 15) is 19.6 Å². The Balaban J connectivity index is 0.941. The molecule has 2 aromatic heterocycles. The van der Waals surface area contributed by atoms with Crippen LogP contribution in [0.1, 0.15) is 75.6 Å². The van der Waals surface area contributed by atoms with Crippen LogP contribution in [0.5, 0.6) is 5.75 Å². The maximum absolute atomic E-state index is 13.6. The number of rotatable bonds is 9. The summed E-state index contributed by atoms with van der Waals surface area (Å²) in [6.45, 7) is 3.46. The topological polar surface area (TPSA) is 158 Å². The Morgan fingerprint density at radius 2 is 1.78 bits per heavy atom. The monoisotopic (exact) mass is 755 g/mol. The van der Waals surface area contributed by atoms with Crippen LogP contribution >= 0.6 is 11.6 Å². The average molecular weight is 756 g/mol. The molecular formula is C41H39BClN7O5. The van der Waals surface area contributed by atoms with Gasteiger partial charge in [0.2, 0.25) is 5.91 Å². The number of carbonyl (C=O) groups excluding carboxylic acids is 2. The third kappa shape index (κ3) is 7.38. The van der Waals surface area contributed by atoms with Gasteiger partial charge in [0.15, 0.2) is 5.82 Å². The number of piperidine rings is 1. The third-order valence-electron chi connectivity index (χ3n) is 10.5. The minimum Gasteiger partial charge on any atom is -0.497 e. The number of aromatic amines is 1. The van der Waals surface area contributed by atoms with Gasteiger partial charge in [-0.25, -0.2) is 0 Å². The molecule has 1 fully saturated rings. The molecule has 0 spiro atoms. The van der Waals surface area contributed by atoms with Crippen LogP contribution in [-0.4, -0.2) is 79.5 Å². The zero-order chi connectivity index (χ0) is 38.2. The summed E-state index contributed by atoms with van der Waals surface area (Å²) in [6.07, 6.45) is 1.69.